The van der Waals surface area contributed by atoms with Gasteiger partial charge in [-0.15, -0.1) is 0 Å². The summed E-state index contributed by atoms with van der Waals surface area (Å²) in [4.78, 5) is 14.1. The fraction of sp³-hybridized carbons (Fsp3) is 0.533. The molecule has 1 rings (SSSR count). The summed E-state index contributed by atoms with van der Waals surface area (Å²) in [5, 5.41) is 18.9. The fourth-order valence-corrected chi connectivity index (χ4v) is 1.87. The van der Waals surface area contributed by atoms with Gasteiger partial charge in [-0.1, -0.05) is 20.8 Å². The summed E-state index contributed by atoms with van der Waals surface area (Å²) in [6.07, 6.45) is 0. The number of phenols is 2. The Morgan fingerprint density at radius 3 is 2.37 bits per heavy atom. The first-order valence-electron chi connectivity index (χ1n) is 6.38. The van der Waals surface area contributed by atoms with Gasteiger partial charge in [-0.05, 0) is 31.5 Å². The Labute approximate surface area is 114 Å². The summed E-state index contributed by atoms with van der Waals surface area (Å²) in [5.41, 5.74) is 0.317. The maximum atomic E-state index is 12.1. The highest BCUT2D eigenvalue weighted by Gasteiger charge is 2.25. The monoisotopic (exact) mass is 265 g/mol. The van der Waals surface area contributed by atoms with Crippen LogP contribution in [0.2, 0.25) is 0 Å². The first kappa shape index (κ1) is 15.5. The number of phenolic OH excluding ortho intramolecular Hbond substituents is 2. The van der Waals surface area contributed by atoms with E-state index in [1.807, 2.05) is 11.9 Å². The molecule has 0 bridgehead atoms. The van der Waals surface area contributed by atoms with Gasteiger partial charge in [-0.3, -0.25) is 9.69 Å². The molecule has 4 heteroatoms. The van der Waals surface area contributed by atoms with E-state index in [0.717, 1.165) is 0 Å². The number of aromatic hydroxyl groups is 2. The van der Waals surface area contributed by atoms with Gasteiger partial charge in [0.2, 0.25) is 0 Å². The van der Waals surface area contributed by atoms with Crippen LogP contribution in [-0.2, 0) is 0 Å². The van der Waals surface area contributed by atoms with Gasteiger partial charge in [0.25, 0.3) is 0 Å². The quantitative estimate of drug-likeness (QED) is 0.822. The molecule has 1 aromatic carbocycles. The lowest BCUT2D eigenvalue weighted by Crippen LogP contribution is -2.41. The summed E-state index contributed by atoms with van der Waals surface area (Å²) in [6, 6.07) is 4.26. The molecule has 1 aromatic rings. The minimum Gasteiger partial charge on any atom is -0.508 e. The first-order chi connectivity index (χ1) is 8.62. The molecule has 0 saturated carbocycles. The Bertz CT molecular complexity index is 463. The van der Waals surface area contributed by atoms with Crippen LogP contribution < -0.4 is 0 Å². The predicted octanol–water partition coefficient (Wildman–Crippen LogP) is 2.65. The zero-order valence-corrected chi connectivity index (χ0v) is 12.3. The van der Waals surface area contributed by atoms with E-state index in [-0.39, 0.29) is 40.8 Å². The Hall–Kier alpha value is -1.55. The molecule has 0 aliphatic carbocycles. The van der Waals surface area contributed by atoms with Crippen molar-refractivity contribution in [2.24, 2.45) is 5.41 Å². The Balaban J connectivity index is 2.80. The van der Waals surface area contributed by atoms with Crippen LogP contribution in [0.5, 0.6) is 11.5 Å². The summed E-state index contributed by atoms with van der Waals surface area (Å²) >= 11 is 0. The molecule has 0 fully saturated rings. The Morgan fingerprint density at radius 2 is 1.89 bits per heavy atom. The van der Waals surface area contributed by atoms with Crippen molar-refractivity contribution < 1.29 is 15.0 Å². The molecule has 0 heterocycles. The second-order valence-electron chi connectivity index (χ2n) is 6.08. The first-order valence-corrected chi connectivity index (χ1v) is 6.38. The van der Waals surface area contributed by atoms with Crippen LogP contribution in [0.25, 0.3) is 0 Å². The second-order valence-corrected chi connectivity index (χ2v) is 6.08. The third kappa shape index (κ3) is 3.96. The van der Waals surface area contributed by atoms with E-state index in [1.165, 1.54) is 18.2 Å². The maximum absolute atomic E-state index is 12.1. The van der Waals surface area contributed by atoms with E-state index in [9.17, 15) is 15.0 Å². The van der Waals surface area contributed by atoms with Gasteiger partial charge in [-0.2, -0.15) is 0 Å². The van der Waals surface area contributed by atoms with Gasteiger partial charge in [-0.25, -0.2) is 0 Å². The van der Waals surface area contributed by atoms with Gasteiger partial charge in [0, 0.05) is 12.1 Å². The molecule has 0 spiro atoms. The Morgan fingerprint density at radius 1 is 1.32 bits per heavy atom. The van der Waals surface area contributed by atoms with E-state index in [0.29, 0.717) is 0 Å². The number of carbonyl (C=O) groups excluding carboxylic acids is 1. The molecular weight excluding hydrogens is 242 g/mol. The van der Waals surface area contributed by atoms with Crippen LogP contribution >= 0.6 is 0 Å². The largest absolute Gasteiger partial charge is 0.508 e. The highest BCUT2D eigenvalue weighted by molar-refractivity contribution is 6.00. The molecule has 19 heavy (non-hydrogen) atoms. The highest BCUT2D eigenvalue weighted by Crippen LogP contribution is 2.25. The van der Waals surface area contributed by atoms with Crippen molar-refractivity contribution in [2.45, 2.75) is 33.7 Å². The van der Waals surface area contributed by atoms with Crippen LogP contribution in [-0.4, -0.2) is 40.5 Å². The predicted molar refractivity (Wildman–Crippen MR) is 75.6 cm³/mol. The summed E-state index contributed by atoms with van der Waals surface area (Å²) in [5.74, 6) is -0.386. The van der Waals surface area contributed by atoms with E-state index in [1.54, 1.807) is 0 Å². The zero-order chi connectivity index (χ0) is 14.8. The van der Waals surface area contributed by atoms with Crippen molar-refractivity contribution in [1.29, 1.82) is 0 Å². The third-order valence-electron chi connectivity index (χ3n) is 3.59. The number of carbonyl (C=O) groups is 1. The molecule has 0 radical (unpaired) electrons. The number of hydrogen-bond acceptors (Lipinski definition) is 4. The highest BCUT2D eigenvalue weighted by atomic mass is 16.3. The van der Waals surface area contributed by atoms with E-state index in [4.69, 9.17) is 0 Å². The number of ketones is 1. The van der Waals surface area contributed by atoms with Crippen molar-refractivity contribution in [3.05, 3.63) is 23.8 Å². The molecule has 0 aliphatic heterocycles. The lowest BCUT2D eigenvalue weighted by Gasteiger charge is -2.35. The number of nitrogens with zero attached hydrogens (tertiary/aromatic N) is 1. The van der Waals surface area contributed by atoms with Crippen LogP contribution in [0.15, 0.2) is 18.2 Å². The smallest absolute Gasteiger partial charge is 0.180 e. The normalized spacial score (nSPS) is 13.6. The molecule has 0 aliphatic rings. The van der Waals surface area contributed by atoms with Crippen molar-refractivity contribution >= 4 is 5.78 Å². The van der Waals surface area contributed by atoms with Gasteiger partial charge in [0.15, 0.2) is 5.78 Å². The average Bonchev–Trinajstić information content (AvgIpc) is 2.26. The summed E-state index contributed by atoms with van der Waals surface area (Å²) in [6.45, 7) is 8.67. The standard InChI is InChI=1S/C15H23NO3/c1-10(15(2,3)4)16(5)9-14(19)12-7-6-11(17)8-13(12)18/h6-8,10,17-18H,9H2,1-5H3. The van der Waals surface area contributed by atoms with Gasteiger partial charge >= 0.3 is 0 Å². The third-order valence-corrected chi connectivity index (χ3v) is 3.59. The van der Waals surface area contributed by atoms with E-state index in [2.05, 4.69) is 27.7 Å². The molecule has 1 unspecified atom stereocenters. The number of Topliss-reactive ketones (excluding diaryl/α,β-unsaturated/α-hetero) is 1. The molecule has 106 valence electrons. The van der Waals surface area contributed by atoms with Crippen LogP contribution in [0.1, 0.15) is 38.1 Å². The van der Waals surface area contributed by atoms with Gasteiger partial charge in [0.1, 0.15) is 11.5 Å². The number of benzene rings is 1. The second kappa shape index (κ2) is 5.61. The number of rotatable bonds is 4. The van der Waals surface area contributed by atoms with Crippen molar-refractivity contribution in [3.63, 3.8) is 0 Å². The minimum atomic E-state index is -0.179. The van der Waals surface area contributed by atoms with E-state index >= 15 is 0 Å². The van der Waals surface area contributed by atoms with Crippen molar-refractivity contribution in [3.8, 4) is 11.5 Å². The molecule has 0 amide bonds. The van der Waals surface area contributed by atoms with Crippen LogP contribution in [0, 0.1) is 5.41 Å². The summed E-state index contributed by atoms with van der Waals surface area (Å²) < 4.78 is 0. The van der Waals surface area contributed by atoms with Crippen LogP contribution in [0.4, 0.5) is 0 Å². The lowest BCUT2D eigenvalue weighted by molar-refractivity contribution is 0.0851. The van der Waals surface area contributed by atoms with E-state index < -0.39 is 0 Å². The molecular formula is C15H23NO3. The number of hydrogen-bond donors (Lipinski definition) is 2. The van der Waals surface area contributed by atoms with Gasteiger partial charge < -0.3 is 10.2 Å². The minimum absolute atomic E-state index is 0.0505. The zero-order valence-electron chi connectivity index (χ0n) is 12.3. The van der Waals surface area contributed by atoms with Crippen molar-refractivity contribution in [2.75, 3.05) is 13.6 Å². The van der Waals surface area contributed by atoms with Gasteiger partial charge in [0.05, 0.1) is 12.1 Å². The van der Waals surface area contributed by atoms with Crippen LogP contribution in [0.3, 0.4) is 0 Å². The molecule has 0 saturated heterocycles. The molecule has 1 atom stereocenters. The summed E-state index contributed by atoms with van der Waals surface area (Å²) in [7, 11) is 1.89. The lowest BCUT2D eigenvalue weighted by atomic mass is 9.87. The Kier molecular flexibility index (Phi) is 4.58. The maximum Gasteiger partial charge on any atom is 0.180 e. The molecule has 0 aromatic heterocycles. The molecule has 4 nitrogen and oxygen atoms in total. The van der Waals surface area contributed by atoms with Crippen molar-refractivity contribution in [1.82, 2.24) is 4.90 Å². The molecule has 2 N–H and O–H groups in total. The fourth-order valence-electron chi connectivity index (χ4n) is 1.87. The topological polar surface area (TPSA) is 60.8 Å². The average molecular weight is 265 g/mol. The SMILES string of the molecule is CC(N(C)CC(=O)c1ccc(O)cc1O)C(C)(C)C. The number of likely N-dealkylation sites (N-methyl/N-ethyl adjacent to an activating group) is 1.